The number of carboxylic acids is 1. The molecule has 0 atom stereocenters. The minimum absolute atomic E-state index is 0.132. The molecule has 6 heteroatoms. The van der Waals surface area contributed by atoms with Crippen LogP contribution in [0.25, 0.3) is 16.6 Å². The van der Waals surface area contributed by atoms with Crippen LogP contribution in [0.2, 0.25) is 0 Å². The Morgan fingerprint density at radius 2 is 2.16 bits per heavy atom. The molecule has 6 nitrogen and oxygen atoms in total. The van der Waals surface area contributed by atoms with Crippen LogP contribution in [-0.2, 0) is 0 Å². The van der Waals surface area contributed by atoms with E-state index < -0.39 is 5.97 Å². The second-order valence-electron chi connectivity index (χ2n) is 5.89. The largest absolute Gasteiger partial charge is 0.478 e. The van der Waals surface area contributed by atoms with Crippen molar-refractivity contribution < 1.29 is 14.6 Å². The van der Waals surface area contributed by atoms with Gasteiger partial charge in [-0.15, -0.1) is 0 Å². The van der Waals surface area contributed by atoms with Gasteiger partial charge in [0.15, 0.2) is 0 Å². The van der Waals surface area contributed by atoms with Crippen LogP contribution >= 0.6 is 0 Å². The molecule has 0 fully saturated rings. The predicted octanol–water partition coefficient (Wildman–Crippen LogP) is 3.43. The molecule has 3 aromatic rings. The average Bonchev–Trinajstić information content (AvgIpc) is 3.10. The van der Waals surface area contributed by atoms with E-state index in [9.17, 15) is 9.90 Å². The first-order chi connectivity index (χ1) is 12.2. The fourth-order valence-electron chi connectivity index (χ4n) is 2.97. The number of aromatic amines is 1. The fraction of sp³-hybridized carbons (Fsp3) is 0.158. The minimum Gasteiger partial charge on any atom is -0.478 e. The van der Waals surface area contributed by atoms with Crippen molar-refractivity contribution in [3.63, 3.8) is 0 Å². The number of carbonyl (C=O) groups is 1. The average molecular weight is 335 g/mol. The Morgan fingerprint density at radius 3 is 2.96 bits per heavy atom. The molecule has 0 saturated heterocycles. The van der Waals surface area contributed by atoms with Crippen molar-refractivity contribution in [2.24, 2.45) is 0 Å². The lowest BCUT2D eigenvalue weighted by Gasteiger charge is -2.16. The summed E-state index contributed by atoms with van der Waals surface area (Å²) in [5.41, 5.74) is 3.07. The Hall–Kier alpha value is -3.12. The number of hydrogen-bond donors (Lipinski definition) is 3. The van der Waals surface area contributed by atoms with Crippen LogP contribution in [-0.4, -0.2) is 34.1 Å². The van der Waals surface area contributed by atoms with E-state index in [2.05, 4.69) is 21.4 Å². The van der Waals surface area contributed by atoms with E-state index in [1.165, 1.54) is 5.57 Å². The molecule has 1 aliphatic heterocycles. The van der Waals surface area contributed by atoms with Crippen molar-refractivity contribution >= 4 is 22.6 Å². The van der Waals surface area contributed by atoms with Gasteiger partial charge in [-0.05, 0) is 48.4 Å². The highest BCUT2D eigenvalue weighted by Gasteiger charge is 2.15. The number of aromatic nitrogens is 2. The van der Waals surface area contributed by atoms with Crippen molar-refractivity contribution in [1.29, 1.82) is 0 Å². The van der Waals surface area contributed by atoms with E-state index in [0.29, 0.717) is 11.5 Å². The molecular weight excluding hydrogens is 318 g/mol. The zero-order valence-corrected chi connectivity index (χ0v) is 13.5. The number of hydrogen-bond acceptors (Lipinski definition) is 4. The second kappa shape index (κ2) is 6.41. The highest BCUT2D eigenvalue weighted by Crippen LogP contribution is 2.31. The summed E-state index contributed by atoms with van der Waals surface area (Å²) in [6.45, 7) is 1.73. The van der Waals surface area contributed by atoms with E-state index in [4.69, 9.17) is 4.74 Å². The molecule has 4 rings (SSSR count). The first kappa shape index (κ1) is 15.4. The fourth-order valence-corrected chi connectivity index (χ4v) is 2.97. The van der Waals surface area contributed by atoms with Crippen LogP contribution in [0.4, 0.5) is 0 Å². The lowest BCUT2D eigenvalue weighted by atomic mass is 9.98. The molecule has 0 radical (unpaired) electrons. The lowest BCUT2D eigenvalue weighted by molar-refractivity contribution is 0.0694. The molecule has 2 aromatic heterocycles. The summed E-state index contributed by atoms with van der Waals surface area (Å²) in [7, 11) is 0. The molecule has 3 N–H and O–H groups in total. The maximum Gasteiger partial charge on any atom is 0.339 e. The summed E-state index contributed by atoms with van der Waals surface area (Å²) in [6.07, 6.45) is 6.41. The number of H-pyrrole nitrogens is 1. The van der Waals surface area contributed by atoms with E-state index in [1.54, 1.807) is 24.5 Å². The smallest absolute Gasteiger partial charge is 0.339 e. The molecular formula is C19H17N3O3. The van der Waals surface area contributed by atoms with Gasteiger partial charge in [-0.3, -0.25) is 0 Å². The van der Waals surface area contributed by atoms with Crippen molar-refractivity contribution in [1.82, 2.24) is 15.3 Å². The Balaban J connectivity index is 1.72. The van der Waals surface area contributed by atoms with Crippen molar-refractivity contribution in [3.8, 4) is 11.5 Å². The lowest BCUT2D eigenvalue weighted by Crippen LogP contribution is -2.20. The standard InChI is InChI=1S/C19H17N3O3/c23-19(24)16-2-1-13(12-3-6-20-7-4-12)10-17(16)25-15-9-14-5-8-21-18(14)22-11-15/h1-3,5,8-11,20H,4,6-7H2,(H,21,22)(H,23,24). The maximum absolute atomic E-state index is 11.5. The summed E-state index contributed by atoms with van der Waals surface area (Å²) in [5, 5.41) is 13.6. The summed E-state index contributed by atoms with van der Waals surface area (Å²) in [6, 6.07) is 8.95. The zero-order valence-electron chi connectivity index (χ0n) is 13.5. The van der Waals surface area contributed by atoms with Gasteiger partial charge in [-0.2, -0.15) is 0 Å². The van der Waals surface area contributed by atoms with Gasteiger partial charge in [0, 0.05) is 18.1 Å². The first-order valence-corrected chi connectivity index (χ1v) is 8.09. The molecule has 0 aliphatic carbocycles. The van der Waals surface area contributed by atoms with Crippen LogP contribution in [0, 0.1) is 0 Å². The van der Waals surface area contributed by atoms with E-state index in [0.717, 1.165) is 36.1 Å². The van der Waals surface area contributed by atoms with Gasteiger partial charge in [-0.1, -0.05) is 12.1 Å². The van der Waals surface area contributed by atoms with Crippen LogP contribution in [0.3, 0.4) is 0 Å². The number of ether oxygens (including phenoxy) is 1. The molecule has 126 valence electrons. The van der Waals surface area contributed by atoms with Gasteiger partial charge >= 0.3 is 5.97 Å². The second-order valence-corrected chi connectivity index (χ2v) is 5.89. The molecule has 0 spiro atoms. The summed E-state index contributed by atoms with van der Waals surface area (Å²) in [4.78, 5) is 18.8. The van der Waals surface area contributed by atoms with Gasteiger partial charge in [-0.25, -0.2) is 9.78 Å². The third-order valence-corrected chi connectivity index (χ3v) is 4.25. The van der Waals surface area contributed by atoms with Crippen LogP contribution in [0.15, 0.2) is 48.8 Å². The number of nitrogens with one attached hydrogen (secondary N) is 2. The number of carboxylic acid groups (broad SMARTS) is 1. The predicted molar refractivity (Wildman–Crippen MR) is 95.0 cm³/mol. The molecule has 1 aromatic carbocycles. The monoisotopic (exact) mass is 335 g/mol. The Bertz CT molecular complexity index is 975. The normalized spacial score (nSPS) is 14.3. The summed E-state index contributed by atoms with van der Waals surface area (Å²) in [5.74, 6) is -0.191. The maximum atomic E-state index is 11.5. The van der Waals surface area contributed by atoms with Gasteiger partial charge < -0.3 is 20.1 Å². The quantitative estimate of drug-likeness (QED) is 0.680. The Labute approximate surface area is 144 Å². The number of nitrogens with zero attached hydrogens (tertiary/aromatic N) is 1. The van der Waals surface area contributed by atoms with E-state index in [1.807, 2.05) is 18.2 Å². The molecule has 0 unspecified atom stereocenters. The molecule has 3 heterocycles. The number of benzene rings is 1. The van der Waals surface area contributed by atoms with Gasteiger partial charge in [0.25, 0.3) is 0 Å². The van der Waals surface area contributed by atoms with Gasteiger partial charge in [0.05, 0.1) is 6.20 Å². The third-order valence-electron chi connectivity index (χ3n) is 4.25. The van der Waals surface area contributed by atoms with Crippen LogP contribution < -0.4 is 10.1 Å². The van der Waals surface area contributed by atoms with Crippen molar-refractivity contribution in [2.75, 3.05) is 13.1 Å². The zero-order chi connectivity index (χ0) is 17.2. The topological polar surface area (TPSA) is 87.2 Å². The van der Waals surface area contributed by atoms with Crippen LogP contribution in [0.5, 0.6) is 11.5 Å². The molecule has 25 heavy (non-hydrogen) atoms. The summed E-state index contributed by atoms with van der Waals surface area (Å²) < 4.78 is 5.88. The third kappa shape index (κ3) is 3.12. The van der Waals surface area contributed by atoms with Gasteiger partial charge in [0.2, 0.25) is 0 Å². The SMILES string of the molecule is O=C(O)c1ccc(C2=CCNCC2)cc1Oc1cnc2[nH]ccc2c1. The molecule has 1 aliphatic rings. The Kier molecular flexibility index (Phi) is 3.95. The molecule has 0 bridgehead atoms. The molecule has 0 amide bonds. The number of fused-ring (bicyclic) bond motifs is 1. The van der Waals surface area contributed by atoms with Crippen molar-refractivity contribution in [3.05, 3.63) is 59.9 Å². The number of pyridine rings is 1. The van der Waals surface area contributed by atoms with Gasteiger partial charge in [0.1, 0.15) is 22.7 Å². The molecule has 0 saturated carbocycles. The number of rotatable bonds is 4. The minimum atomic E-state index is -1.02. The van der Waals surface area contributed by atoms with Crippen LogP contribution in [0.1, 0.15) is 22.3 Å². The first-order valence-electron chi connectivity index (χ1n) is 8.09. The van der Waals surface area contributed by atoms with E-state index >= 15 is 0 Å². The highest BCUT2D eigenvalue weighted by atomic mass is 16.5. The number of aromatic carboxylic acids is 1. The highest BCUT2D eigenvalue weighted by molar-refractivity contribution is 5.92. The summed E-state index contributed by atoms with van der Waals surface area (Å²) >= 11 is 0. The van der Waals surface area contributed by atoms with Crippen molar-refractivity contribution in [2.45, 2.75) is 6.42 Å². The Morgan fingerprint density at radius 1 is 1.24 bits per heavy atom. The van der Waals surface area contributed by atoms with E-state index in [-0.39, 0.29) is 5.56 Å².